The number of piperidine rings is 1. The van der Waals surface area contributed by atoms with Gasteiger partial charge in [0.1, 0.15) is 17.3 Å². The summed E-state index contributed by atoms with van der Waals surface area (Å²) in [5.41, 5.74) is 0.278. The van der Waals surface area contributed by atoms with Crippen LogP contribution in [-0.4, -0.2) is 49.6 Å². The lowest BCUT2D eigenvalue weighted by molar-refractivity contribution is -0.145. The van der Waals surface area contributed by atoms with E-state index in [1.807, 2.05) is 0 Å². The minimum atomic E-state index is -3.88. The number of sulfonamides is 1. The normalized spacial score (nSPS) is 17.5. The topological polar surface area (TPSA) is 83.9 Å². The number of rotatable bonds is 5. The van der Waals surface area contributed by atoms with Crippen molar-refractivity contribution in [1.29, 1.82) is 0 Å². The molecule has 0 saturated carbocycles. The Morgan fingerprint density at radius 2 is 2.05 bits per heavy atom. The van der Waals surface area contributed by atoms with Crippen molar-refractivity contribution in [1.82, 2.24) is 4.31 Å². The first kappa shape index (κ1) is 16.9. The van der Waals surface area contributed by atoms with Crippen LogP contribution in [0.1, 0.15) is 18.4 Å². The molecule has 0 unspecified atom stereocenters. The molecule has 0 aliphatic carbocycles. The number of nitrogens with zero attached hydrogens (tertiary/aromatic N) is 1. The summed E-state index contributed by atoms with van der Waals surface area (Å²) in [7, 11) is -3.88. The number of carboxylic acid groups (broad SMARTS) is 1. The van der Waals surface area contributed by atoms with Gasteiger partial charge in [0.15, 0.2) is 0 Å². The van der Waals surface area contributed by atoms with Crippen LogP contribution in [0.2, 0.25) is 0 Å². The zero-order valence-electron chi connectivity index (χ0n) is 12.2. The number of aliphatic carboxylic acids is 1. The zero-order valence-corrected chi connectivity index (χ0v) is 13.0. The van der Waals surface area contributed by atoms with E-state index in [0.717, 1.165) is 0 Å². The van der Waals surface area contributed by atoms with E-state index in [1.165, 1.54) is 29.4 Å². The SMILES string of the molecule is Cc1cccc(S(=O)(=O)N2CCC(OCC(=O)O)CC2)c1F. The van der Waals surface area contributed by atoms with Gasteiger partial charge in [0.25, 0.3) is 0 Å². The molecule has 1 aromatic carbocycles. The van der Waals surface area contributed by atoms with Gasteiger partial charge in [-0.15, -0.1) is 0 Å². The highest BCUT2D eigenvalue weighted by Gasteiger charge is 2.32. The van der Waals surface area contributed by atoms with Gasteiger partial charge in [-0.2, -0.15) is 4.31 Å². The maximum Gasteiger partial charge on any atom is 0.329 e. The van der Waals surface area contributed by atoms with Crippen LogP contribution in [0.5, 0.6) is 0 Å². The van der Waals surface area contributed by atoms with Gasteiger partial charge in [0, 0.05) is 13.1 Å². The molecule has 0 radical (unpaired) electrons. The highest BCUT2D eigenvalue weighted by atomic mass is 32.2. The van der Waals surface area contributed by atoms with Crippen molar-refractivity contribution in [2.75, 3.05) is 19.7 Å². The monoisotopic (exact) mass is 331 g/mol. The number of hydrogen-bond acceptors (Lipinski definition) is 4. The Balaban J connectivity index is 2.07. The van der Waals surface area contributed by atoms with Crippen molar-refractivity contribution in [3.05, 3.63) is 29.6 Å². The van der Waals surface area contributed by atoms with Crippen LogP contribution in [0.4, 0.5) is 4.39 Å². The Bertz CT molecular complexity index is 653. The molecule has 0 amide bonds. The Labute approximate surface area is 128 Å². The minimum absolute atomic E-state index is 0.181. The molecular weight excluding hydrogens is 313 g/mol. The Kier molecular flexibility index (Phi) is 5.15. The van der Waals surface area contributed by atoms with Gasteiger partial charge in [-0.05, 0) is 31.4 Å². The number of hydrogen-bond donors (Lipinski definition) is 1. The molecule has 0 bridgehead atoms. The predicted molar refractivity (Wildman–Crippen MR) is 76.5 cm³/mol. The second kappa shape index (κ2) is 6.72. The van der Waals surface area contributed by atoms with E-state index in [4.69, 9.17) is 9.84 Å². The summed E-state index contributed by atoms with van der Waals surface area (Å²) in [5.74, 6) is -1.79. The zero-order chi connectivity index (χ0) is 16.3. The lowest BCUT2D eigenvalue weighted by atomic mass is 10.1. The summed E-state index contributed by atoms with van der Waals surface area (Å²) in [6.45, 7) is 1.48. The van der Waals surface area contributed by atoms with Gasteiger partial charge >= 0.3 is 5.97 Å². The third kappa shape index (κ3) is 3.63. The van der Waals surface area contributed by atoms with E-state index in [9.17, 15) is 17.6 Å². The van der Waals surface area contributed by atoms with E-state index in [1.54, 1.807) is 0 Å². The summed E-state index contributed by atoms with van der Waals surface area (Å²) >= 11 is 0. The molecule has 1 aliphatic heterocycles. The average molecular weight is 331 g/mol. The van der Waals surface area contributed by atoms with Crippen LogP contribution in [0.25, 0.3) is 0 Å². The first-order chi connectivity index (χ1) is 10.3. The second-order valence-corrected chi connectivity index (χ2v) is 7.10. The summed E-state index contributed by atoms with van der Waals surface area (Å²) < 4.78 is 45.4. The van der Waals surface area contributed by atoms with Crippen molar-refractivity contribution < 1.29 is 27.4 Å². The third-order valence-electron chi connectivity index (χ3n) is 3.62. The van der Waals surface area contributed by atoms with Gasteiger partial charge in [0.2, 0.25) is 10.0 Å². The Morgan fingerprint density at radius 1 is 1.41 bits per heavy atom. The van der Waals surface area contributed by atoms with Crippen molar-refractivity contribution in [2.45, 2.75) is 30.8 Å². The van der Waals surface area contributed by atoms with Crippen LogP contribution in [0.15, 0.2) is 23.1 Å². The fourth-order valence-electron chi connectivity index (χ4n) is 2.39. The third-order valence-corrected chi connectivity index (χ3v) is 5.53. The summed E-state index contributed by atoms with van der Waals surface area (Å²) in [6, 6.07) is 4.28. The predicted octanol–water partition coefficient (Wildman–Crippen LogP) is 1.39. The number of halogens is 1. The molecule has 1 N–H and O–H groups in total. The standard InChI is InChI=1S/C14H18FNO5S/c1-10-3-2-4-12(14(10)15)22(19,20)16-7-5-11(6-8-16)21-9-13(17)18/h2-4,11H,5-9H2,1H3,(H,17,18). The van der Waals surface area contributed by atoms with E-state index in [0.29, 0.717) is 12.8 Å². The van der Waals surface area contributed by atoms with E-state index < -0.39 is 28.4 Å². The van der Waals surface area contributed by atoms with E-state index in [2.05, 4.69) is 0 Å². The number of carboxylic acids is 1. The Hall–Kier alpha value is -1.51. The fourth-order valence-corrected chi connectivity index (χ4v) is 3.99. The lowest BCUT2D eigenvalue weighted by Crippen LogP contribution is -2.41. The quantitative estimate of drug-likeness (QED) is 0.881. The molecule has 1 heterocycles. The van der Waals surface area contributed by atoms with E-state index >= 15 is 0 Å². The molecule has 1 saturated heterocycles. The molecule has 22 heavy (non-hydrogen) atoms. The summed E-state index contributed by atoms with van der Waals surface area (Å²) in [4.78, 5) is 10.1. The smallest absolute Gasteiger partial charge is 0.329 e. The van der Waals surface area contributed by atoms with Crippen LogP contribution in [-0.2, 0) is 19.6 Å². The molecular formula is C14H18FNO5S. The second-order valence-electron chi connectivity index (χ2n) is 5.20. The van der Waals surface area contributed by atoms with Crippen molar-refractivity contribution in [3.8, 4) is 0 Å². The average Bonchev–Trinajstić information content (AvgIpc) is 2.48. The Morgan fingerprint density at radius 3 is 2.64 bits per heavy atom. The van der Waals surface area contributed by atoms with Crippen LogP contribution in [0, 0.1) is 12.7 Å². The molecule has 2 rings (SSSR count). The highest BCUT2D eigenvalue weighted by Crippen LogP contribution is 2.25. The van der Waals surface area contributed by atoms with Gasteiger partial charge in [-0.1, -0.05) is 12.1 Å². The maximum absolute atomic E-state index is 14.0. The molecule has 6 nitrogen and oxygen atoms in total. The molecule has 1 aromatic rings. The van der Waals surface area contributed by atoms with Crippen molar-refractivity contribution in [3.63, 3.8) is 0 Å². The number of ether oxygens (including phenoxy) is 1. The molecule has 1 fully saturated rings. The van der Waals surface area contributed by atoms with Gasteiger partial charge in [0.05, 0.1) is 6.10 Å². The van der Waals surface area contributed by atoms with Gasteiger partial charge in [-0.3, -0.25) is 0 Å². The first-order valence-electron chi connectivity index (χ1n) is 6.91. The van der Waals surface area contributed by atoms with Gasteiger partial charge in [-0.25, -0.2) is 17.6 Å². The largest absolute Gasteiger partial charge is 0.480 e. The fraction of sp³-hybridized carbons (Fsp3) is 0.500. The number of benzene rings is 1. The minimum Gasteiger partial charge on any atom is -0.480 e. The van der Waals surface area contributed by atoms with Crippen LogP contribution >= 0.6 is 0 Å². The molecule has 0 spiro atoms. The number of aryl methyl sites for hydroxylation is 1. The molecule has 8 heteroatoms. The molecule has 0 aromatic heterocycles. The van der Waals surface area contributed by atoms with Gasteiger partial charge < -0.3 is 9.84 Å². The molecule has 1 aliphatic rings. The first-order valence-corrected chi connectivity index (χ1v) is 8.35. The molecule has 122 valence electrons. The van der Waals surface area contributed by atoms with E-state index in [-0.39, 0.29) is 29.7 Å². The maximum atomic E-state index is 14.0. The summed E-state index contributed by atoms with van der Waals surface area (Å²) in [5, 5.41) is 8.56. The van der Waals surface area contributed by atoms with Crippen LogP contribution in [0.3, 0.4) is 0 Å². The molecule has 0 atom stereocenters. The lowest BCUT2D eigenvalue weighted by Gasteiger charge is -2.31. The number of carbonyl (C=O) groups is 1. The van der Waals surface area contributed by atoms with Crippen molar-refractivity contribution in [2.24, 2.45) is 0 Å². The van der Waals surface area contributed by atoms with Crippen LogP contribution < -0.4 is 0 Å². The van der Waals surface area contributed by atoms with Crippen molar-refractivity contribution >= 4 is 16.0 Å². The summed E-state index contributed by atoms with van der Waals surface area (Å²) in [6.07, 6.45) is 0.491. The highest BCUT2D eigenvalue weighted by molar-refractivity contribution is 7.89.